The van der Waals surface area contributed by atoms with Crippen molar-refractivity contribution in [2.24, 2.45) is 0 Å². The van der Waals surface area contributed by atoms with Crippen LogP contribution < -0.4 is 15.6 Å². The van der Waals surface area contributed by atoms with E-state index in [0.29, 0.717) is 24.7 Å². The highest BCUT2D eigenvalue weighted by molar-refractivity contribution is 7.86. The highest BCUT2D eigenvalue weighted by Crippen LogP contribution is 2.33. The van der Waals surface area contributed by atoms with Gasteiger partial charge in [-0.15, -0.1) is 11.3 Å². The fraction of sp³-hybridized carbons (Fsp3) is 0.636. The van der Waals surface area contributed by atoms with Gasteiger partial charge in [0.05, 0.1) is 10.1 Å². The van der Waals surface area contributed by atoms with Crippen molar-refractivity contribution in [1.82, 2.24) is 6.15 Å². The summed E-state index contributed by atoms with van der Waals surface area (Å²) in [7, 11) is -4.24. The summed E-state index contributed by atoms with van der Waals surface area (Å²) in [4.78, 5) is 0. The summed E-state index contributed by atoms with van der Waals surface area (Å²) in [5.41, 5.74) is 0. The van der Waals surface area contributed by atoms with Crippen LogP contribution in [0, 0.1) is 0 Å². The number of hydrogen-bond acceptors (Lipinski definition) is 7. The number of hydrogen-bond donors (Lipinski definition) is 1. The normalized spacial score (nSPS) is 17.1. The van der Waals surface area contributed by atoms with E-state index in [1.54, 1.807) is 0 Å². The van der Waals surface area contributed by atoms with Gasteiger partial charge in [0.25, 0.3) is 0 Å². The van der Waals surface area contributed by atoms with Crippen molar-refractivity contribution < 1.29 is 27.2 Å². The van der Waals surface area contributed by atoms with Gasteiger partial charge in [-0.05, 0) is 13.3 Å². The Hall–Kier alpha value is -0.870. The highest BCUT2D eigenvalue weighted by Gasteiger charge is 2.20. The molecule has 0 radical (unpaired) electrons. The fourth-order valence-electron chi connectivity index (χ4n) is 1.54. The quantitative estimate of drug-likeness (QED) is 0.821. The second kappa shape index (κ2) is 7.23. The lowest BCUT2D eigenvalue weighted by molar-refractivity contribution is 0.00165. The molecule has 0 aliphatic carbocycles. The molecule has 116 valence electrons. The highest BCUT2D eigenvalue weighted by atomic mass is 32.2. The first kappa shape index (κ1) is 17.2. The molecule has 0 aromatic carbocycles. The van der Waals surface area contributed by atoms with Gasteiger partial charge >= 0.3 is 0 Å². The van der Waals surface area contributed by atoms with Gasteiger partial charge in [0, 0.05) is 22.6 Å². The molecule has 2 heterocycles. The molecule has 0 spiro atoms. The van der Waals surface area contributed by atoms with E-state index in [4.69, 9.17) is 14.2 Å². The standard InChI is InChI=1S/C11H16O6S2.H3N/c1-8(19(12,13)14)2-3-15-9-4-16-10-6-18-7-11(10)17-5-9;/h6-9H,2-5H2,1H3,(H,12,13,14);1H3. The summed E-state index contributed by atoms with van der Waals surface area (Å²) >= 11 is 1.50. The molecule has 2 rings (SSSR count). The number of rotatable bonds is 5. The fourth-order valence-corrected chi connectivity index (χ4v) is 2.61. The van der Waals surface area contributed by atoms with Gasteiger partial charge in [-0.3, -0.25) is 0 Å². The minimum Gasteiger partial charge on any atom is -0.748 e. The Morgan fingerprint density at radius 2 is 1.95 bits per heavy atom. The first-order chi connectivity index (χ1) is 8.97. The molecule has 1 unspecified atom stereocenters. The van der Waals surface area contributed by atoms with Crippen molar-refractivity contribution in [3.63, 3.8) is 0 Å². The predicted octanol–water partition coefficient (Wildman–Crippen LogP) is 1.60. The SMILES string of the molecule is CC(CCOC1COc2cscc2OC1)S(=O)(=O)[O-].[NH4+]. The zero-order valence-corrected chi connectivity index (χ0v) is 13.0. The van der Waals surface area contributed by atoms with Crippen molar-refractivity contribution in [3.05, 3.63) is 10.8 Å². The molecule has 1 aliphatic heterocycles. The molecule has 9 heteroatoms. The van der Waals surface area contributed by atoms with Crippen LogP contribution in [0.3, 0.4) is 0 Å². The molecule has 20 heavy (non-hydrogen) atoms. The molecule has 0 fully saturated rings. The van der Waals surface area contributed by atoms with Crippen LogP contribution in [-0.4, -0.2) is 44.1 Å². The van der Waals surface area contributed by atoms with Crippen molar-refractivity contribution in [1.29, 1.82) is 0 Å². The molecule has 0 bridgehead atoms. The van der Waals surface area contributed by atoms with E-state index in [1.807, 2.05) is 10.8 Å². The number of thiophene rings is 1. The zero-order chi connectivity index (χ0) is 13.9. The van der Waals surface area contributed by atoms with Gasteiger partial charge in [0.1, 0.15) is 19.3 Å². The van der Waals surface area contributed by atoms with E-state index in [0.717, 1.165) is 0 Å². The van der Waals surface area contributed by atoms with E-state index < -0.39 is 15.4 Å². The van der Waals surface area contributed by atoms with Crippen LogP contribution in [0.4, 0.5) is 0 Å². The molecular formula is C11H19NO6S2. The van der Waals surface area contributed by atoms with Crippen molar-refractivity contribution in [2.45, 2.75) is 24.7 Å². The monoisotopic (exact) mass is 325 g/mol. The third-order valence-electron chi connectivity index (χ3n) is 2.81. The Labute approximate surface area is 122 Å². The molecule has 1 aromatic heterocycles. The molecule has 1 aromatic rings. The largest absolute Gasteiger partial charge is 0.748 e. The van der Waals surface area contributed by atoms with Crippen LogP contribution in [0.1, 0.15) is 13.3 Å². The molecule has 0 saturated heterocycles. The average molecular weight is 325 g/mol. The van der Waals surface area contributed by atoms with Gasteiger partial charge in [-0.25, -0.2) is 8.42 Å². The molecule has 0 amide bonds. The smallest absolute Gasteiger partial charge is 0.172 e. The molecule has 7 nitrogen and oxygen atoms in total. The number of fused-ring (bicyclic) bond motifs is 1. The first-order valence-electron chi connectivity index (χ1n) is 5.85. The van der Waals surface area contributed by atoms with Crippen molar-refractivity contribution >= 4 is 21.5 Å². The van der Waals surface area contributed by atoms with E-state index in [2.05, 4.69) is 0 Å². The Kier molecular flexibility index (Phi) is 6.21. The van der Waals surface area contributed by atoms with Gasteiger partial charge in [-0.2, -0.15) is 0 Å². The van der Waals surface area contributed by atoms with Crippen LogP contribution in [0.2, 0.25) is 0 Å². The second-order valence-corrected chi connectivity index (χ2v) is 6.84. The Morgan fingerprint density at radius 1 is 1.40 bits per heavy atom. The van der Waals surface area contributed by atoms with Crippen molar-refractivity contribution in [2.75, 3.05) is 19.8 Å². The minimum absolute atomic E-state index is 0. The summed E-state index contributed by atoms with van der Waals surface area (Å²) in [6.45, 7) is 2.26. The maximum atomic E-state index is 10.7. The van der Waals surface area contributed by atoms with Gasteiger partial charge < -0.3 is 24.9 Å². The summed E-state index contributed by atoms with van der Waals surface area (Å²) in [5.74, 6) is 1.40. The number of ether oxygens (including phenoxy) is 3. The first-order valence-corrected chi connectivity index (χ1v) is 8.26. The average Bonchev–Trinajstić information content (AvgIpc) is 2.70. The summed E-state index contributed by atoms with van der Waals surface area (Å²) in [6, 6.07) is 0. The molecular weight excluding hydrogens is 306 g/mol. The van der Waals surface area contributed by atoms with Gasteiger partial charge in [0.2, 0.25) is 0 Å². The van der Waals surface area contributed by atoms with E-state index >= 15 is 0 Å². The van der Waals surface area contributed by atoms with Crippen LogP contribution in [0.15, 0.2) is 10.8 Å². The Balaban J connectivity index is 0.00000200. The molecule has 1 atom stereocenters. The lowest BCUT2D eigenvalue weighted by Gasteiger charge is -2.18. The van der Waals surface area contributed by atoms with E-state index in [9.17, 15) is 13.0 Å². The Bertz CT molecular complexity index is 492. The van der Waals surface area contributed by atoms with Crippen LogP contribution in [-0.2, 0) is 14.9 Å². The van der Waals surface area contributed by atoms with Gasteiger partial charge in [0.15, 0.2) is 11.5 Å². The Morgan fingerprint density at radius 3 is 2.45 bits per heavy atom. The second-order valence-electron chi connectivity index (χ2n) is 4.31. The summed E-state index contributed by atoms with van der Waals surface area (Å²) < 4.78 is 48.7. The third kappa shape index (κ3) is 4.60. The van der Waals surface area contributed by atoms with Crippen LogP contribution >= 0.6 is 11.3 Å². The summed E-state index contributed by atoms with van der Waals surface area (Å²) in [6.07, 6.45) is -0.0946. The minimum atomic E-state index is -4.24. The lowest BCUT2D eigenvalue weighted by Crippen LogP contribution is -2.28. The van der Waals surface area contributed by atoms with E-state index in [1.165, 1.54) is 18.3 Å². The molecule has 4 N–H and O–H groups in total. The zero-order valence-electron chi connectivity index (χ0n) is 11.4. The third-order valence-corrected chi connectivity index (χ3v) is 4.73. The van der Waals surface area contributed by atoms with Crippen LogP contribution in [0.25, 0.3) is 0 Å². The summed E-state index contributed by atoms with van der Waals surface area (Å²) in [5, 5.41) is 2.76. The van der Waals surface area contributed by atoms with E-state index in [-0.39, 0.29) is 25.3 Å². The molecule has 1 aliphatic rings. The van der Waals surface area contributed by atoms with Crippen LogP contribution in [0.5, 0.6) is 11.5 Å². The maximum Gasteiger partial charge on any atom is 0.172 e. The lowest BCUT2D eigenvalue weighted by atomic mass is 10.3. The topological polar surface area (TPSA) is 121 Å². The number of quaternary nitrogens is 1. The van der Waals surface area contributed by atoms with Crippen molar-refractivity contribution in [3.8, 4) is 11.5 Å². The van der Waals surface area contributed by atoms with Gasteiger partial charge in [-0.1, -0.05) is 0 Å². The molecule has 0 saturated carbocycles. The maximum absolute atomic E-state index is 10.7. The predicted molar refractivity (Wildman–Crippen MR) is 74.8 cm³/mol.